The molecule has 0 aliphatic carbocycles. The quantitative estimate of drug-likeness (QED) is 0.189. The first-order valence-corrected chi connectivity index (χ1v) is 13.1. The van der Waals surface area contributed by atoms with Crippen molar-refractivity contribution in [1.29, 1.82) is 0 Å². The Morgan fingerprint density at radius 1 is 1.21 bits per heavy atom. The van der Waals surface area contributed by atoms with E-state index in [9.17, 15) is 19.1 Å². The first-order chi connectivity index (χ1) is 18.6. The molecular formula is C28H39FN6O4. The lowest BCUT2D eigenvalue weighted by Gasteiger charge is -2.20. The fourth-order valence-electron chi connectivity index (χ4n) is 3.17. The monoisotopic (exact) mass is 542 g/mol. The minimum Gasteiger partial charge on any atom is -0.444 e. The highest BCUT2D eigenvalue weighted by molar-refractivity contribution is 5.75. The summed E-state index contributed by atoms with van der Waals surface area (Å²) in [6.07, 6.45) is 2.64. The van der Waals surface area contributed by atoms with Gasteiger partial charge in [0, 0.05) is 38.2 Å². The molecule has 10 nitrogen and oxygen atoms in total. The SMILES string of the molecule is CCCNc1nc(Nc2cccc(F)c2)ncc1C#CCCCNC(=O)CC[C@H](O)CNC(=O)OC(C)(C)C. The van der Waals surface area contributed by atoms with Crippen LogP contribution in [-0.4, -0.2) is 58.4 Å². The molecule has 0 spiro atoms. The molecule has 1 aromatic heterocycles. The van der Waals surface area contributed by atoms with E-state index in [2.05, 4.69) is 43.1 Å². The smallest absolute Gasteiger partial charge is 0.407 e. The minimum atomic E-state index is -0.845. The highest BCUT2D eigenvalue weighted by atomic mass is 19.1. The number of amides is 2. The molecule has 11 heteroatoms. The number of alkyl carbamates (subject to hydrolysis) is 1. The maximum atomic E-state index is 13.5. The number of ether oxygens (including phenoxy) is 1. The highest BCUT2D eigenvalue weighted by Crippen LogP contribution is 2.18. The van der Waals surface area contributed by atoms with E-state index in [1.54, 1.807) is 39.1 Å². The molecule has 39 heavy (non-hydrogen) atoms. The van der Waals surface area contributed by atoms with Crippen LogP contribution >= 0.6 is 0 Å². The largest absolute Gasteiger partial charge is 0.444 e. The van der Waals surface area contributed by atoms with E-state index >= 15 is 0 Å². The van der Waals surface area contributed by atoms with E-state index in [0.717, 1.165) is 6.42 Å². The van der Waals surface area contributed by atoms with Gasteiger partial charge in [-0.05, 0) is 58.2 Å². The second-order valence-corrected chi connectivity index (χ2v) is 9.85. The number of unbranched alkanes of at least 4 members (excludes halogenated alkanes) is 1. The predicted octanol–water partition coefficient (Wildman–Crippen LogP) is 4.09. The molecule has 0 aliphatic heterocycles. The number of hydrogen-bond donors (Lipinski definition) is 5. The number of rotatable bonds is 13. The number of benzene rings is 1. The fourth-order valence-corrected chi connectivity index (χ4v) is 3.17. The zero-order chi connectivity index (χ0) is 28.7. The van der Waals surface area contributed by atoms with Crippen LogP contribution < -0.4 is 21.3 Å². The summed E-state index contributed by atoms with van der Waals surface area (Å²) in [5.41, 5.74) is 0.574. The van der Waals surface area contributed by atoms with Gasteiger partial charge in [0.1, 0.15) is 17.2 Å². The number of aliphatic hydroxyl groups excluding tert-OH is 1. The normalized spacial score (nSPS) is 11.5. The van der Waals surface area contributed by atoms with Gasteiger partial charge in [-0.15, -0.1) is 0 Å². The summed E-state index contributed by atoms with van der Waals surface area (Å²) in [6.45, 7) is 8.48. The molecule has 0 radical (unpaired) electrons. The highest BCUT2D eigenvalue weighted by Gasteiger charge is 2.17. The molecule has 0 fully saturated rings. The average Bonchev–Trinajstić information content (AvgIpc) is 2.87. The summed E-state index contributed by atoms with van der Waals surface area (Å²) in [7, 11) is 0. The van der Waals surface area contributed by atoms with Crippen molar-refractivity contribution < 1.29 is 23.8 Å². The number of aromatic nitrogens is 2. The molecule has 2 aromatic rings. The van der Waals surface area contributed by atoms with Crippen LogP contribution in [0.1, 0.15) is 65.4 Å². The van der Waals surface area contributed by atoms with Crippen molar-refractivity contribution in [2.24, 2.45) is 0 Å². The maximum absolute atomic E-state index is 13.5. The molecule has 2 amide bonds. The third kappa shape index (κ3) is 13.4. The van der Waals surface area contributed by atoms with E-state index in [0.29, 0.717) is 48.9 Å². The van der Waals surface area contributed by atoms with Crippen molar-refractivity contribution >= 4 is 29.5 Å². The van der Waals surface area contributed by atoms with Gasteiger partial charge < -0.3 is 31.1 Å². The van der Waals surface area contributed by atoms with E-state index in [-0.39, 0.29) is 31.1 Å². The Morgan fingerprint density at radius 3 is 2.72 bits per heavy atom. The summed E-state index contributed by atoms with van der Waals surface area (Å²) in [5, 5.41) is 21.5. The Morgan fingerprint density at radius 2 is 2.00 bits per heavy atom. The molecule has 2 rings (SSSR count). The topological polar surface area (TPSA) is 138 Å². The molecule has 0 aliphatic rings. The summed E-state index contributed by atoms with van der Waals surface area (Å²) < 4.78 is 18.6. The van der Waals surface area contributed by atoms with Crippen molar-refractivity contribution in [3.63, 3.8) is 0 Å². The standard InChI is InChI=1S/C28H39FN6O4/c1-5-15-31-25-20(18-32-26(35-25)34-22-12-9-11-21(29)17-22)10-7-6-8-16-30-24(37)14-13-23(36)19-33-27(38)39-28(2,3)4/h9,11-12,17-18,23,36H,5-6,8,13-16,19H2,1-4H3,(H,30,37)(H,33,38)(H2,31,32,34,35)/t23-/m0/s1. The van der Waals surface area contributed by atoms with Crippen LogP contribution in [-0.2, 0) is 9.53 Å². The molecule has 1 atom stereocenters. The number of nitrogens with one attached hydrogen (secondary N) is 4. The van der Waals surface area contributed by atoms with Gasteiger partial charge in [-0.25, -0.2) is 14.2 Å². The van der Waals surface area contributed by atoms with Crippen LogP contribution in [0.2, 0.25) is 0 Å². The number of aliphatic hydroxyl groups is 1. The molecule has 212 valence electrons. The third-order valence-corrected chi connectivity index (χ3v) is 5.02. The summed E-state index contributed by atoms with van der Waals surface area (Å²) in [5.74, 6) is 6.54. The molecule has 0 bridgehead atoms. The van der Waals surface area contributed by atoms with Gasteiger partial charge in [-0.3, -0.25) is 4.79 Å². The van der Waals surface area contributed by atoms with Crippen LogP contribution in [0.5, 0.6) is 0 Å². The van der Waals surface area contributed by atoms with Crippen LogP contribution in [0.4, 0.5) is 26.6 Å². The van der Waals surface area contributed by atoms with E-state index in [1.807, 2.05) is 6.92 Å². The van der Waals surface area contributed by atoms with Gasteiger partial charge in [0.15, 0.2) is 0 Å². The lowest BCUT2D eigenvalue weighted by Crippen LogP contribution is -2.37. The molecule has 0 saturated heterocycles. The molecule has 1 heterocycles. The fraction of sp³-hybridized carbons (Fsp3) is 0.500. The number of hydrogen-bond acceptors (Lipinski definition) is 8. The third-order valence-electron chi connectivity index (χ3n) is 5.02. The number of halogens is 1. The first-order valence-electron chi connectivity index (χ1n) is 13.1. The van der Waals surface area contributed by atoms with Gasteiger partial charge >= 0.3 is 6.09 Å². The van der Waals surface area contributed by atoms with E-state index in [4.69, 9.17) is 4.74 Å². The van der Waals surface area contributed by atoms with Crippen LogP contribution in [0.25, 0.3) is 0 Å². The Kier molecular flexibility index (Phi) is 13.0. The van der Waals surface area contributed by atoms with Crippen LogP contribution in [0.15, 0.2) is 30.5 Å². The average molecular weight is 543 g/mol. The van der Waals surface area contributed by atoms with Crippen molar-refractivity contribution in [2.75, 3.05) is 30.3 Å². The van der Waals surface area contributed by atoms with Crippen LogP contribution in [0, 0.1) is 17.7 Å². The summed E-state index contributed by atoms with van der Waals surface area (Å²) in [4.78, 5) is 32.4. The van der Waals surface area contributed by atoms with E-state index in [1.165, 1.54) is 12.1 Å². The Hall–Kier alpha value is -3.91. The van der Waals surface area contributed by atoms with Crippen molar-refractivity contribution in [2.45, 2.75) is 71.5 Å². The molecule has 5 N–H and O–H groups in total. The lowest BCUT2D eigenvalue weighted by atomic mass is 10.2. The van der Waals surface area contributed by atoms with Gasteiger partial charge in [-0.2, -0.15) is 4.98 Å². The molecular weight excluding hydrogens is 503 g/mol. The zero-order valence-electron chi connectivity index (χ0n) is 23.1. The minimum absolute atomic E-state index is 0.0123. The Balaban J connectivity index is 1.74. The summed E-state index contributed by atoms with van der Waals surface area (Å²) in [6, 6.07) is 6.06. The zero-order valence-corrected chi connectivity index (χ0v) is 23.1. The maximum Gasteiger partial charge on any atom is 0.407 e. The second-order valence-electron chi connectivity index (χ2n) is 9.85. The first kappa shape index (κ1) is 31.3. The van der Waals surface area contributed by atoms with Gasteiger partial charge in [0.2, 0.25) is 11.9 Å². The Bertz CT molecular complexity index is 1140. The van der Waals surface area contributed by atoms with Gasteiger partial charge in [-0.1, -0.05) is 24.8 Å². The van der Waals surface area contributed by atoms with E-state index < -0.39 is 17.8 Å². The molecule has 0 saturated carbocycles. The number of carbonyl (C=O) groups is 2. The number of nitrogens with zero attached hydrogens (tertiary/aromatic N) is 2. The van der Waals surface area contributed by atoms with Crippen LogP contribution in [0.3, 0.4) is 0 Å². The number of anilines is 3. The van der Waals surface area contributed by atoms with Crippen molar-refractivity contribution in [3.8, 4) is 11.8 Å². The van der Waals surface area contributed by atoms with Gasteiger partial charge in [0.25, 0.3) is 0 Å². The predicted molar refractivity (Wildman–Crippen MR) is 149 cm³/mol. The Labute approximate surface area is 229 Å². The second kappa shape index (κ2) is 16.1. The summed E-state index contributed by atoms with van der Waals surface area (Å²) >= 11 is 0. The number of carbonyl (C=O) groups excluding carboxylic acids is 2. The molecule has 0 unspecified atom stereocenters. The van der Waals surface area contributed by atoms with Crippen molar-refractivity contribution in [3.05, 3.63) is 41.8 Å². The van der Waals surface area contributed by atoms with Gasteiger partial charge in [0.05, 0.1) is 17.9 Å². The molecule has 1 aromatic carbocycles. The lowest BCUT2D eigenvalue weighted by molar-refractivity contribution is -0.121. The van der Waals surface area contributed by atoms with Crippen molar-refractivity contribution in [1.82, 2.24) is 20.6 Å².